The van der Waals surface area contributed by atoms with E-state index in [0.29, 0.717) is 23.1 Å². The zero-order valence-corrected chi connectivity index (χ0v) is 22.6. The molecule has 6 heteroatoms. The molecule has 196 valence electrons. The van der Waals surface area contributed by atoms with Gasteiger partial charge in [0.2, 0.25) is 0 Å². The predicted octanol–water partition coefficient (Wildman–Crippen LogP) is 8.41. The molecule has 5 nitrogen and oxygen atoms in total. The van der Waals surface area contributed by atoms with Gasteiger partial charge in [0.1, 0.15) is 17.4 Å². The number of nitriles is 1. The number of anilines is 1. The SMILES string of the molecule is CCOc1cccc(NC(=O)/C(C#N)=C/c2cc(-c3ccccc3)n(-c3ccc(Cl)cc3)c2-c2ccccc2)c1. The maximum Gasteiger partial charge on any atom is 0.266 e. The maximum absolute atomic E-state index is 13.3. The van der Waals surface area contributed by atoms with Crippen LogP contribution in [0.5, 0.6) is 5.75 Å². The molecule has 0 atom stereocenters. The number of nitrogens with one attached hydrogen (secondary N) is 1. The van der Waals surface area contributed by atoms with Crippen molar-refractivity contribution in [3.63, 3.8) is 0 Å². The number of halogens is 1. The third-order valence-electron chi connectivity index (χ3n) is 6.30. The summed E-state index contributed by atoms with van der Waals surface area (Å²) in [7, 11) is 0. The molecule has 40 heavy (non-hydrogen) atoms. The van der Waals surface area contributed by atoms with Crippen LogP contribution < -0.4 is 10.1 Å². The molecule has 1 aromatic heterocycles. The minimum absolute atomic E-state index is 0.0214. The molecule has 0 spiro atoms. The van der Waals surface area contributed by atoms with Gasteiger partial charge in [-0.2, -0.15) is 5.26 Å². The van der Waals surface area contributed by atoms with Crippen molar-refractivity contribution in [3.05, 3.63) is 131 Å². The Bertz CT molecular complexity index is 1700. The third-order valence-corrected chi connectivity index (χ3v) is 6.55. The zero-order chi connectivity index (χ0) is 27.9. The molecule has 0 aliphatic rings. The summed E-state index contributed by atoms with van der Waals surface area (Å²) in [6, 6.07) is 38.7. The number of nitrogens with zero attached hydrogens (tertiary/aromatic N) is 2. The second-order valence-electron chi connectivity index (χ2n) is 8.96. The molecule has 1 amide bonds. The molecule has 0 saturated heterocycles. The number of hydrogen-bond donors (Lipinski definition) is 1. The van der Waals surface area contributed by atoms with Gasteiger partial charge in [0.25, 0.3) is 5.91 Å². The van der Waals surface area contributed by atoms with Gasteiger partial charge in [-0.15, -0.1) is 0 Å². The number of amides is 1. The molecule has 0 bridgehead atoms. The van der Waals surface area contributed by atoms with Crippen molar-refractivity contribution >= 4 is 29.3 Å². The number of aromatic nitrogens is 1. The lowest BCUT2D eigenvalue weighted by Crippen LogP contribution is -2.13. The average molecular weight is 544 g/mol. The van der Waals surface area contributed by atoms with E-state index in [2.05, 4.69) is 16.0 Å². The van der Waals surface area contributed by atoms with Crippen LogP contribution in [-0.2, 0) is 4.79 Å². The van der Waals surface area contributed by atoms with E-state index in [1.807, 2.05) is 104 Å². The number of benzene rings is 4. The van der Waals surface area contributed by atoms with Gasteiger partial charge in [0.15, 0.2) is 0 Å². The Labute approximate surface area is 238 Å². The second kappa shape index (κ2) is 12.2. The summed E-state index contributed by atoms with van der Waals surface area (Å²) < 4.78 is 7.67. The predicted molar refractivity (Wildman–Crippen MR) is 161 cm³/mol. The Hall–Kier alpha value is -5.05. The summed E-state index contributed by atoms with van der Waals surface area (Å²) in [4.78, 5) is 13.3. The molecule has 0 radical (unpaired) electrons. The Morgan fingerprint density at radius 2 is 1.57 bits per heavy atom. The van der Waals surface area contributed by atoms with Gasteiger partial charge in [-0.1, -0.05) is 78.3 Å². The number of hydrogen-bond acceptors (Lipinski definition) is 3. The molecule has 5 rings (SSSR count). The normalized spacial score (nSPS) is 11.1. The lowest BCUT2D eigenvalue weighted by Gasteiger charge is -2.15. The lowest BCUT2D eigenvalue weighted by molar-refractivity contribution is -0.112. The van der Waals surface area contributed by atoms with E-state index in [-0.39, 0.29) is 5.57 Å². The summed E-state index contributed by atoms with van der Waals surface area (Å²) in [6.45, 7) is 2.41. The molecule has 0 saturated carbocycles. The fourth-order valence-corrected chi connectivity index (χ4v) is 4.67. The van der Waals surface area contributed by atoms with E-state index in [0.717, 1.165) is 33.8 Å². The summed E-state index contributed by atoms with van der Waals surface area (Å²) in [5, 5.41) is 13.5. The van der Waals surface area contributed by atoms with Gasteiger partial charge >= 0.3 is 0 Å². The first-order valence-corrected chi connectivity index (χ1v) is 13.2. The molecule has 0 aliphatic heterocycles. The minimum atomic E-state index is -0.504. The monoisotopic (exact) mass is 543 g/mol. The quantitative estimate of drug-likeness (QED) is 0.158. The van der Waals surface area contributed by atoms with E-state index in [4.69, 9.17) is 16.3 Å². The topological polar surface area (TPSA) is 67.0 Å². The van der Waals surface area contributed by atoms with Crippen LogP contribution in [-0.4, -0.2) is 17.1 Å². The highest BCUT2D eigenvalue weighted by Crippen LogP contribution is 2.37. The van der Waals surface area contributed by atoms with Crippen LogP contribution in [0.25, 0.3) is 34.3 Å². The smallest absolute Gasteiger partial charge is 0.266 e. The Morgan fingerprint density at radius 3 is 2.23 bits per heavy atom. The van der Waals surface area contributed by atoms with Crippen LogP contribution >= 0.6 is 11.6 Å². The summed E-state index contributed by atoms with van der Waals surface area (Å²) >= 11 is 6.23. The molecule has 5 aromatic rings. The Morgan fingerprint density at radius 1 is 0.900 bits per heavy atom. The van der Waals surface area contributed by atoms with Crippen LogP contribution in [0.4, 0.5) is 5.69 Å². The van der Waals surface area contributed by atoms with Gasteiger partial charge in [0.05, 0.1) is 18.0 Å². The molecular weight excluding hydrogens is 518 g/mol. The Balaban J connectivity index is 1.67. The highest BCUT2D eigenvalue weighted by atomic mass is 35.5. The van der Waals surface area contributed by atoms with E-state index in [1.165, 1.54) is 0 Å². The molecule has 4 aromatic carbocycles. The molecule has 1 N–H and O–H groups in total. The first-order valence-electron chi connectivity index (χ1n) is 12.9. The van der Waals surface area contributed by atoms with Crippen molar-refractivity contribution in [3.8, 4) is 40.0 Å². The standard InChI is InChI=1S/C34H26ClN3O2/c1-2-40-31-15-9-14-29(22-31)37-34(39)27(23-36)20-26-21-32(24-10-5-3-6-11-24)38(30-18-16-28(35)17-19-30)33(26)25-12-7-4-8-13-25/h3-22H,2H2,1H3,(H,37,39)/b27-20+. The van der Waals surface area contributed by atoms with Crippen LogP contribution in [0.15, 0.2) is 121 Å². The van der Waals surface area contributed by atoms with Gasteiger partial charge in [0, 0.05) is 28.0 Å². The van der Waals surface area contributed by atoms with Crippen LogP contribution in [0, 0.1) is 11.3 Å². The van der Waals surface area contributed by atoms with Gasteiger partial charge in [-0.3, -0.25) is 4.79 Å². The van der Waals surface area contributed by atoms with E-state index >= 15 is 0 Å². The van der Waals surface area contributed by atoms with Crippen molar-refractivity contribution in [2.24, 2.45) is 0 Å². The third kappa shape index (κ3) is 5.83. The van der Waals surface area contributed by atoms with Crippen LogP contribution in [0.2, 0.25) is 5.02 Å². The zero-order valence-electron chi connectivity index (χ0n) is 21.8. The first kappa shape index (κ1) is 26.6. The molecule has 0 aliphatic carbocycles. The number of ether oxygens (including phenoxy) is 1. The van der Waals surface area contributed by atoms with Crippen LogP contribution in [0.1, 0.15) is 12.5 Å². The van der Waals surface area contributed by atoms with Gasteiger partial charge < -0.3 is 14.6 Å². The fraction of sp³-hybridized carbons (Fsp3) is 0.0588. The Kier molecular flexibility index (Phi) is 8.10. The molecular formula is C34H26ClN3O2. The van der Waals surface area contributed by atoms with Gasteiger partial charge in [-0.25, -0.2) is 0 Å². The van der Waals surface area contributed by atoms with Gasteiger partial charge in [-0.05, 0) is 66.6 Å². The average Bonchev–Trinajstić information content (AvgIpc) is 3.36. The van der Waals surface area contributed by atoms with E-state index in [1.54, 1.807) is 24.3 Å². The second-order valence-corrected chi connectivity index (χ2v) is 9.40. The lowest BCUT2D eigenvalue weighted by atomic mass is 10.0. The molecule has 0 unspecified atom stereocenters. The summed E-state index contributed by atoms with van der Waals surface area (Å²) in [5.41, 5.74) is 5.84. The molecule has 0 fully saturated rings. The number of rotatable bonds is 8. The largest absolute Gasteiger partial charge is 0.494 e. The molecule has 1 heterocycles. The van der Waals surface area contributed by atoms with Crippen molar-refractivity contribution in [2.45, 2.75) is 6.92 Å². The van der Waals surface area contributed by atoms with E-state index < -0.39 is 5.91 Å². The van der Waals surface area contributed by atoms with Crippen LogP contribution in [0.3, 0.4) is 0 Å². The fourth-order valence-electron chi connectivity index (χ4n) is 4.54. The summed E-state index contributed by atoms with van der Waals surface area (Å²) in [6.07, 6.45) is 1.64. The highest BCUT2D eigenvalue weighted by Gasteiger charge is 2.20. The van der Waals surface area contributed by atoms with Crippen molar-refractivity contribution in [1.29, 1.82) is 5.26 Å². The minimum Gasteiger partial charge on any atom is -0.494 e. The first-order chi connectivity index (χ1) is 19.6. The summed E-state index contributed by atoms with van der Waals surface area (Å²) in [5.74, 6) is 0.136. The van der Waals surface area contributed by atoms with Crippen molar-refractivity contribution in [2.75, 3.05) is 11.9 Å². The van der Waals surface area contributed by atoms with E-state index in [9.17, 15) is 10.1 Å². The van der Waals surface area contributed by atoms with Crippen molar-refractivity contribution < 1.29 is 9.53 Å². The number of carbonyl (C=O) groups excluding carboxylic acids is 1. The highest BCUT2D eigenvalue weighted by molar-refractivity contribution is 6.30. The van der Waals surface area contributed by atoms with Crippen molar-refractivity contribution in [1.82, 2.24) is 4.57 Å². The number of carbonyl (C=O) groups is 1. The maximum atomic E-state index is 13.3.